The second kappa shape index (κ2) is 6.90. The average molecular weight is 402 g/mol. The monoisotopic (exact) mass is 402 g/mol. The van der Waals surface area contributed by atoms with Crippen LogP contribution >= 0.6 is 0 Å². The van der Waals surface area contributed by atoms with Crippen molar-refractivity contribution in [2.24, 2.45) is 5.92 Å². The van der Waals surface area contributed by atoms with Crippen molar-refractivity contribution < 1.29 is 27.5 Å². The molecule has 28 heavy (non-hydrogen) atoms. The number of morpholine rings is 1. The summed E-state index contributed by atoms with van der Waals surface area (Å²) >= 11 is 0. The van der Waals surface area contributed by atoms with Crippen molar-refractivity contribution in [3.05, 3.63) is 11.9 Å². The third-order valence-electron chi connectivity index (χ3n) is 5.41. The highest BCUT2D eigenvalue weighted by atomic mass is 19.4. The van der Waals surface area contributed by atoms with Crippen LogP contribution in [0.4, 0.5) is 18.0 Å². The Labute approximate surface area is 158 Å². The van der Waals surface area contributed by atoms with E-state index in [0.717, 1.165) is 11.0 Å². The molecule has 3 amide bonds. The van der Waals surface area contributed by atoms with Crippen LogP contribution in [0.15, 0.2) is 6.20 Å². The number of hydrogen-bond acceptors (Lipinski definition) is 5. The van der Waals surface area contributed by atoms with Gasteiger partial charge in [0, 0.05) is 26.2 Å². The molecule has 3 aliphatic heterocycles. The van der Waals surface area contributed by atoms with E-state index in [2.05, 4.69) is 15.5 Å². The molecule has 3 fully saturated rings. The van der Waals surface area contributed by atoms with Gasteiger partial charge in [0.15, 0.2) is 5.69 Å². The van der Waals surface area contributed by atoms with Crippen molar-refractivity contribution in [1.29, 1.82) is 0 Å². The molecule has 1 aromatic rings. The molecule has 0 aromatic carbocycles. The average Bonchev–Trinajstić information content (AvgIpc) is 3.08. The molecule has 0 aliphatic carbocycles. The summed E-state index contributed by atoms with van der Waals surface area (Å²) in [5.41, 5.74) is -1.46. The summed E-state index contributed by atoms with van der Waals surface area (Å²) in [6.45, 7) is 2.67. The zero-order valence-corrected chi connectivity index (χ0v) is 15.1. The molecule has 9 nitrogen and oxygen atoms in total. The van der Waals surface area contributed by atoms with Crippen LogP contribution in [0.25, 0.3) is 0 Å². The Morgan fingerprint density at radius 1 is 1.29 bits per heavy atom. The van der Waals surface area contributed by atoms with Gasteiger partial charge in [-0.3, -0.25) is 4.79 Å². The normalized spacial score (nSPS) is 22.9. The van der Waals surface area contributed by atoms with Crippen LogP contribution in [0.5, 0.6) is 0 Å². The molecular weight excluding hydrogens is 381 g/mol. The number of rotatable bonds is 2. The molecular formula is C16H21F3N6O3. The molecule has 0 bridgehead atoms. The van der Waals surface area contributed by atoms with E-state index in [0.29, 0.717) is 52.2 Å². The molecule has 0 saturated carbocycles. The van der Waals surface area contributed by atoms with E-state index in [4.69, 9.17) is 4.74 Å². The zero-order chi connectivity index (χ0) is 19.9. The van der Waals surface area contributed by atoms with E-state index in [1.165, 1.54) is 0 Å². The molecule has 4 heterocycles. The third-order valence-corrected chi connectivity index (χ3v) is 5.41. The number of nitrogens with one attached hydrogen (secondary N) is 1. The van der Waals surface area contributed by atoms with Crippen LogP contribution in [-0.4, -0.2) is 81.7 Å². The summed E-state index contributed by atoms with van der Waals surface area (Å²) in [7, 11) is 0. The van der Waals surface area contributed by atoms with Gasteiger partial charge in [-0.05, 0) is 18.8 Å². The molecule has 154 valence electrons. The first-order chi connectivity index (χ1) is 13.2. The Balaban J connectivity index is 1.24. The molecule has 1 N–H and O–H groups in total. The quantitative estimate of drug-likeness (QED) is 0.770. The summed E-state index contributed by atoms with van der Waals surface area (Å²) in [5, 5.41) is 10.1. The molecule has 1 aromatic heterocycles. The van der Waals surface area contributed by atoms with Gasteiger partial charge in [-0.15, -0.1) is 5.10 Å². The molecule has 3 aliphatic rings. The molecule has 3 saturated heterocycles. The highest BCUT2D eigenvalue weighted by molar-refractivity contribution is 5.81. The summed E-state index contributed by atoms with van der Waals surface area (Å²) < 4.78 is 43.0. The minimum Gasteiger partial charge on any atom is -0.369 e. The summed E-state index contributed by atoms with van der Waals surface area (Å²) in [4.78, 5) is 28.6. The van der Waals surface area contributed by atoms with Gasteiger partial charge in [0.25, 0.3) is 0 Å². The molecule has 0 atom stereocenters. The van der Waals surface area contributed by atoms with Crippen molar-refractivity contribution in [2.45, 2.75) is 31.1 Å². The zero-order valence-electron chi connectivity index (χ0n) is 15.1. The van der Waals surface area contributed by atoms with Gasteiger partial charge in [0.1, 0.15) is 6.61 Å². The lowest BCUT2D eigenvalue weighted by Crippen LogP contribution is -2.76. The predicted octanol–water partition coefficient (Wildman–Crippen LogP) is 0.330. The lowest BCUT2D eigenvalue weighted by atomic mass is 9.89. The number of urea groups is 1. The fourth-order valence-corrected chi connectivity index (χ4v) is 3.95. The van der Waals surface area contributed by atoms with Crippen molar-refractivity contribution in [3.63, 3.8) is 0 Å². The second-order valence-electron chi connectivity index (χ2n) is 7.67. The molecule has 0 radical (unpaired) electrons. The fraction of sp³-hybridized carbons (Fsp3) is 0.750. The van der Waals surface area contributed by atoms with Gasteiger partial charge in [-0.2, -0.15) is 23.1 Å². The van der Waals surface area contributed by atoms with E-state index in [1.807, 2.05) is 0 Å². The predicted molar refractivity (Wildman–Crippen MR) is 88.0 cm³/mol. The molecule has 1 spiro atoms. The van der Waals surface area contributed by atoms with E-state index in [-0.39, 0.29) is 24.5 Å². The Morgan fingerprint density at radius 2 is 2.00 bits per heavy atom. The first-order valence-corrected chi connectivity index (χ1v) is 9.14. The Morgan fingerprint density at radius 3 is 2.61 bits per heavy atom. The summed E-state index contributed by atoms with van der Waals surface area (Å²) in [6, 6.07) is -0.0829. The number of halogens is 3. The van der Waals surface area contributed by atoms with Gasteiger partial charge in [-0.25, -0.2) is 4.79 Å². The number of hydrogen-bond donors (Lipinski definition) is 1. The maximum Gasteiger partial charge on any atom is 0.436 e. The van der Waals surface area contributed by atoms with E-state index >= 15 is 0 Å². The number of carbonyl (C=O) groups excluding carboxylic acids is 2. The number of aromatic nitrogens is 3. The van der Waals surface area contributed by atoms with Gasteiger partial charge in [-0.1, -0.05) is 0 Å². The first-order valence-electron chi connectivity index (χ1n) is 9.14. The summed E-state index contributed by atoms with van der Waals surface area (Å²) in [6.07, 6.45) is -2.42. The lowest BCUT2D eigenvalue weighted by Gasteiger charge is -2.52. The van der Waals surface area contributed by atoms with Crippen molar-refractivity contribution >= 4 is 11.9 Å². The minimum atomic E-state index is -4.49. The van der Waals surface area contributed by atoms with E-state index in [1.54, 1.807) is 9.80 Å². The first kappa shape index (κ1) is 19.0. The number of likely N-dealkylation sites (tertiary alicyclic amines) is 2. The number of alkyl halides is 3. The van der Waals surface area contributed by atoms with Crippen LogP contribution in [0.1, 0.15) is 18.5 Å². The minimum absolute atomic E-state index is 0.0543. The SMILES string of the molecule is O=C1COCC2(CN(C(=O)N3CCC(Cn4ncc(C(F)(F)F)n4)CC3)C2)N1. The molecule has 4 rings (SSSR count). The number of piperidine rings is 1. The molecule has 12 heteroatoms. The summed E-state index contributed by atoms with van der Waals surface area (Å²) in [5.74, 6) is -0.0497. The van der Waals surface area contributed by atoms with Crippen LogP contribution in [0.3, 0.4) is 0 Å². The molecule has 0 unspecified atom stereocenters. The van der Waals surface area contributed by atoms with Gasteiger partial charge >= 0.3 is 12.2 Å². The van der Waals surface area contributed by atoms with E-state index < -0.39 is 17.4 Å². The maximum absolute atomic E-state index is 12.6. The third kappa shape index (κ3) is 3.77. The standard InChI is InChI=1S/C16H21F3N6O3/c17-16(18,19)12-5-20-25(22-12)6-11-1-3-23(4-2-11)14(27)24-8-15(9-24)10-28-7-13(26)21-15/h5,11H,1-4,6-10H2,(H,21,26). The second-order valence-corrected chi connectivity index (χ2v) is 7.67. The van der Waals surface area contributed by atoms with Crippen LogP contribution < -0.4 is 5.32 Å². The van der Waals surface area contributed by atoms with Crippen molar-refractivity contribution in [1.82, 2.24) is 30.1 Å². The van der Waals surface area contributed by atoms with Gasteiger partial charge in [0.05, 0.1) is 24.9 Å². The topological polar surface area (TPSA) is 92.6 Å². The largest absolute Gasteiger partial charge is 0.436 e. The number of nitrogens with zero attached hydrogens (tertiary/aromatic N) is 5. The van der Waals surface area contributed by atoms with Crippen LogP contribution in [-0.2, 0) is 22.3 Å². The Bertz CT molecular complexity index is 753. The fourth-order valence-electron chi connectivity index (χ4n) is 3.95. The Hall–Kier alpha value is -2.37. The van der Waals surface area contributed by atoms with Crippen LogP contribution in [0.2, 0.25) is 0 Å². The van der Waals surface area contributed by atoms with Gasteiger partial charge in [0.2, 0.25) is 5.91 Å². The maximum atomic E-state index is 12.6. The van der Waals surface area contributed by atoms with Crippen LogP contribution in [0, 0.1) is 5.92 Å². The van der Waals surface area contributed by atoms with Gasteiger partial charge < -0.3 is 19.9 Å². The smallest absolute Gasteiger partial charge is 0.369 e. The van der Waals surface area contributed by atoms with Crippen molar-refractivity contribution in [3.8, 4) is 0 Å². The number of ether oxygens (including phenoxy) is 1. The number of carbonyl (C=O) groups is 2. The highest BCUT2D eigenvalue weighted by Crippen LogP contribution is 2.28. The highest BCUT2D eigenvalue weighted by Gasteiger charge is 2.49. The lowest BCUT2D eigenvalue weighted by molar-refractivity contribution is -0.142. The Kier molecular flexibility index (Phi) is 4.68. The number of amides is 3. The van der Waals surface area contributed by atoms with E-state index in [9.17, 15) is 22.8 Å². The van der Waals surface area contributed by atoms with Crippen molar-refractivity contribution in [2.75, 3.05) is 39.4 Å².